The summed E-state index contributed by atoms with van der Waals surface area (Å²) in [6.07, 6.45) is 12.6. The number of hydrogen-bond donors (Lipinski definition) is 0. The highest BCUT2D eigenvalue weighted by Gasteiger charge is 2.19. The molecule has 0 nitrogen and oxygen atoms in total. The van der Waals surface area contributed by atoms with Crippen LogP contribution in [-0.2, 0) is 6.42 Å². The van der Waals surface area contributed by atoms with Crippen LogP contribution in [0.5, 0.6) is 0 Å². The Morgan fingerprint density at radius 1 is 0.725 bits per heavy atom. The van der Waals surface area contributed by atoms with Gasteiger partial charge in [-0.15, -0.1) is 11.3 Å². The third-order valence-electron chi connectivity index (χ3n) is 8.81. The van der Waals surface area contributed by atoms with Gasteiger partial charge in [0.15, 0.2) is 0 Å². The number of thiophene rings is 1. The Bertz CT molecular complexity index is 2200. The summed E-state index contributed by atoms with van der Waals surface area (Å²) in [5.41, 5.74) is 8.20. The van der Waals surface area contributed by atoms with Gasteiger partial charge in [-0.2, -0.15) is 0 Å². The number of rotatable bonds is 3. The van der Waals surface area contributed by atoms with Crippen LogP contribution in [0.1, 0.15) is 42.0 Å². The minimum absolute atomic E-state index is 1.04. The summed E-state index contributed by atoms with van der Waals surface area (Å²) in [6.45, 7) is 4.46. The van der Waals surface area contributed by atoms with Crippen molar-refractivity contribution in [2.45, 2.75) is 33.1 Å². The van der Waals surface area contributed by atoms with Crippen molar-refractivity contribution in [3.05, 3.63) is 119 Å². The van der Waals surface area contributed by atoms with Gasteiger partial charge in [-0.25, -0.2) is 0 Å². The zero-order chi connectivity index (χ0) is 26.8. The fraction of sp³-hybridized carbons (Fsp3) is 0.128. The van der Waals surface area contributed by atoms with E-state index in [1.807, 2.05) is 11.3 Å². The Kier molecular flexibility index (Phi) is 5.43. The highest BCUT2D eigenvalue weighted by atomic mass is 32.1. The molecule has 0 saturated carbocycles. The Hall–Kier alpha value is -4.20. The van der Waals surface area contributed by atoms with Gasteiger partial charge in [0.1, 0.15) is 0 Å². The van der Waals surface area contributed by atoms with E-state index in [9.17, 15) is 0 Å². The van der Waals surface area contributed by atoms with E-state index in [1.54, 1.807) is 0 Å². The molecule has 0 amide bonds. The molecule has 1 aromatic heterocycles. The molecule has 40 heavy (non-hydrogen) atoms. The summed E-state index contributed by atoms with van der Waals surface area (Å²) in [7, 11) is 0. The Morgan fingerprint density at radius 3 is 2.27 bits per heavy atom. The second kappa shape index (κ2) is 9.18. The van der Waals surface area contributed by atoms with Crippen LogP contribution in [0.2, 0.25) is 0 Å². The van der Waals surface area contributed by atoms with Crippen molar-refractivity contribution < 1.29 is 0 Å². The molecular formula is C39H30S. The SMILES string of the molecule is CC/C=C\c1c(C)c2ccccc2c2cc(-c3ccc4sc5c6c(c7ccccc7c5c4c3)CCC=C6)ccc12. The molecule has 1 aliphatic carbocycles. The largest absolute Gasteiger partial charge is 0.135 e. The first-order chi connectivity index (χ1) is 19.7. The molecular weight excluding hydrogens is 500 g/mol. The second-order valence-electron chi connectivity index (χ2n) is 11.1. The van der Waals surface area contributed by atoms with Crippen LogP contribution in [-0.4, -0.2) is 0 Å². The fourth-order valence-corrected chi connectivity index (χ4v) is 8.13. The molecule has 6 aromatic carbocycles. The summed E-state index contributed by atoms with van der Waals surface area (Å²) in [6, 6.07) is 32.1. The first kappa shape index (κ1) is 23.7. The number of allylic oxidation sites excluding steroid dienone is 2. The van der Waals surface area contributed by atoms with Crippen LogP contribution >= 0.6 is 11.3 Å². The van der Waals surface area contributed by atoms with E-state index >= 15 is 0 Å². The summed E-state index contributed by atoms with van der Waals surface area (Å²) in [5, 5.41) is 10.9. The van der Waals surface area contributed by atoms with Crippen LogP contribution in [0.4, 0.5) is 0 Å². The van der Waals surface area contributed by atoms with Gasteiger partial charge in [0.2, 0.25) is 0 Å². The number of hydrogen-bond acceptors (Lipinski definition) is 1. The maximum atomic E-state index is 2.44. The molecule has 0 fully saturated rings. The van der Waals surface area contributed by atoms with Crippen molar-refractivity contribution in [1.29, 1.82) is 0 Å². The van der Waals surface area contributed by atoms with Gasteiger partial charge in [-0.3, -0.25) is 0 Å². The van der Waals surface area contributed by atoms with Gasteiger partial charge < -0.3 is 0 Å². The summed E-state index contributed by atoms with van der Waals surface area (Å²) in [5.74, 6) is 0. The highest BCUT2D eigenvalue weighted by molar-refractivity contribution is 7.26. The van der Waals surface area contributed by atoms with E-state index in [1.165, 1.54) is 85.9 Å². The quantitative estimate of drug-likeness (QED) is 0.199. The van der Waals surface area contributed by atoms with Crippen LogP contribution < -0.4 is 0 Å². The van der Waals surface area contributed by atoms with Crippen molar-refractivity contribution >= 4 is 76.0 Å². The zero-order valence-electron chi connectivity index (χ0n) is 22.9. The van der Waals surface area contributed by atoms with Crippen molar-refractivity contribution in [2.24, 2.45) is 0 Å². The third kappa shape index (κ3) is 3.44. The molecule has 8 rings (SSSR count). The van der Waals surface area contributed by atoms with Crippen LogP contribution in [0.3, 0.4) is 0 Å². The van der Waals surface area contributed by atoms with Gasteiger partial charge >= 0.3 is 0 Å². The predicted octanol–water partition coefficient (Wildman–Crippen LogP) is 11.9. The first-order valence-electron chi connectivity index (χ1n) is 14.4. The van der Waals surface area contributed by atoms with Crippen LogP contribution in [0, 0.1) is 6.92 Å². The van der Waals surface area contributed by atoms with Crippen molar-refractivity contribution in [3.63, 3.8) is 0 Å². The standard InChI is InChI=1S/C39H30S/c1-3-4-11-27-24(2)28-12-5-6-13-29(28)35-22-25(18-20-32(27)35)26-19-21-37-36(23-26)38-33-16-9-7-14-30(33)31-15-8-10-17-34(31)39(38)40-37/h4-7,9-14,16-23H,3,8,15H2,1-2H3/b11-4-. The summed E-state index contributed by atoms with van der Waals surface area (Å²) < 4.78 is 2.80. The average Bonchev–Trinajstić information content (AvgIpc) is 3.40. The molecule has 7 aromatic rings. The Balaban J connectivity index is 1.41. The number of benzene rings is 6. The number of fused-ring (bicyclic) bond motifs is 11. The predicted molar refractivity (Wildman–Crippen MR) is 179 cm³/mol. The van der Waals surface area contributed by atoms with Gasteiger partial charge in [0.05, 0.1) is 0 Å². The van der Waals surface area contributed by atoms with Gasteiger partial charge in [0, 0.05) is 20.2 Å². The molecule has 1 heterocycles. The van der Waals surface area contributed by atoms with Gasteiger partial charge in [-0.1, -0.05) is 98.0 Å². The molecule has 0 spiro atoms. The summed E-state index contributed by atoms with van der Waals surface area (Å²) >= 11 is 1.95. The highest BCUT2D eigenvalue weighted by Crippen LogP contribution is 2.46. The maximum absolute atomic E-state index is 2.44. The zero-order valence-corrected chi connectivity index (χ0v) is 23.7. The van der Waals surface area contributed by atoms with Crippen molar-refractivity contribution in [1.82, 2.24) is 0 Å². The maximum Gasteiger partial charge on any atom is 0.0436 e. The van der Waals surface area contributed by atoms with E-state index in [2.05, 4.69) is 123 Å². The smallest absolute Gasteiger partial charge is 0.0436 e. The molecule has 0 atom stereocenters. The lowest BCUT2D eigenvalue weighted by Crippen LogP contribution is -1.96. The van der Waals surface area contributed by atoms with Crippen LogP contribution in [0.25, 0.3) is 75.8 Å². The molecule has 0 saturated heterocycles. The lowest BCUT2D eigenvalue weighted by atomic mass is 9.88. The Morgan fingerprint density at radius 2 is 1.45 bits per heavy atom. The second-order valence-corrected chi connectivity index (χ2v) is 12.1. The molecule has 0 unspecified atom stereocenters. The van der Waals surface area contributed by atoms with E-state index in [0.29, 0.717) is 0 Å². The Labute approximate surface area is 238 Å². The van der Waals surface area contributed by atoms with Gasteiger partial charge in [-0.05, 0) is 110 Å². The minimum Gasteiger partial charge on any atom is -0.135 e. The normalized spacial score (nSPS) is 13.4. The monoisotopic (exact) mass is 530 g/mol. The minimum atomic E-state index is 1.04. The molecule has 1 heteroatoms. The topological polar surface area (TPSA) is 0 Å². The first-order valence-corrected chi connectivity index (χ1v) is 15.2. The lowest BCUT2D eigenvalue weighted by molar-refractivity contribution is 1.00. The average molecular weight is 531 g/mol. The molecule has 0 radical (unpaired) electrons. The molecule has 0 bridgehead atoms. The summed E-state index contributed by atoms with van der Waals surface area (Å²) in [4.78, 5) is 0. The van der Waals surface area contributed by atoms with Crippen molar-refractivity contribution in [3.8, 4) is 11.1 Å². The van der Waals surface area contributed by atoms with E-state index in [0.717, 1.165) is 19.3 Å². The van der Waals surface area contributed by atoms with Crippen LogP contribution in [0.15, 0.2) is 97.1 Å². The lowest BCUT2D eigenvalue weighted by Gasteiger charge is -2.16. The molecule has 192 valence electrons. The molecule has 1 aliphatic rings. The van der Waals surface area contributed by atoms with E-state index in [-0.39, 0.29) is 0 Å². The molecule has 0 N–H and O–H groups in total. The fourth-order valence-electron chi connectivity index (χ4n) is 6.88. The third-order valence-corrected chi connectivity index (χ3v) is 10.0. The number of aryl methyl sites for hydroxylation is 2. The molecule has 0 aliphatic heterocycles. The van der Waals surface area contributed by atoms with Crippen molar-refractivity contribution in [2.75, 3.05) is 0 Å². The van der Waals surface area contributed by atoms with E-state index in [4.69, 9.17) is 0 Å². The van der Waals surface area contributed by atoms with Gasteiger partial charge in [0.25, 0.3) is 0 Å². The van der Waals surface area contributed by atoms with E-state index < -0.39 is 0 Å².